The van der Waals surface area contributed by atoms with E-state index in [9.17, 15) is 26.7 Å². The summed E-state index contributed by atoms with van der Waals surface area (Å²) in [5, 5.41) is 9.29. The minimum absolute atomic E-state index is 0.228. The fraction of sp³-hybridized carbons (Fsp3) is 0.286. The maximum Gasteiger partial charge on any atom is 0.573 e. The molecule has 1 aromatic rings. The number of nitrogens with zero attached hydrogens (tertiary/aromatic N) is 1. The molecule has 0 spiro atoms. The molecule has 0 radical (unpaired) electrons. The monoisotopic (exact) mass is 291 g/mol. The van der Waals surface area contributed by atoms with Gasteiger partial charge in [-0.05, 0) is 6.92 Å². The van der Waals surface area contributed by atoms with Gasteiger partial charge < -0.3 is 9.84 Å². The molecular weight excluding hydrogens is 287 g/mol. The molecule has 0 aliphatic rings. The summed E-state index contributed by atoms with van der Waals surface area (Å²) >= 11 is 0. The first-order chi connectivity index (χ1) is 7.52. The second kappa shape index (κ2) is 4.22. The van der Waals surface area contributed by atoms with E-state index >= 15 is 0 Å². The smallest absolute Gasteiger partial charge is 0.503 e. The topological polar surface area (TPSA) is 76.5 Å². The van der Waals surface area contributed by atoms with Crippen molar-refractivity contribution in [3.63, 3.8) is 0 Å². The SMILES string of the molecule is Cc1ncc(S(=O)(=O)Cl)c(OC(F)(F)F)c1O. The molecule has 1 N–H and O–H groups in total. The van der Waals surface area contributed by atoms with Crippen molar-refractivity contribution in [2.45, 2.75) is 18.2 Å². The highest BCUT2D eigenvalue weighted by atomic mass is 35.7. The van der Waals surface area contributed by atoms with Gasteiger partial charge in [0.1, 0.15) is 4.90 Å². The van der Waals surface area contributed by atoms with Crippen LogP contribution in [0.15, 0.2) is 11.1 Å². The van der Waals surface area contributed by atoms with Gasteiger partial charge >= 0.3 is 6.36 Å². The first-order valence-electron chi connectivity index (χ1n) is 3.91. The molecule has 0 fully saturated rings. The van der Waals surface area contributed by atoms with Crippen molar-refractivity contribution >= 4 is 19.7 Å². The third kappa shape index (κ3) is 3.37. The van der Waals surface area contributed by atoms with E-state index in [-0.39, 0.29) is 5.69 Å². The molecular formula is C7H5ClF3NO4S. The highest BCUT2D eigenvalue weighted by Crippen LogP contribution is 2.39. The number of alkyl halides is 3. The lowest BCUT2D eigenvalue weighted by Crippen LogP contribution is -2.19. The molecule has 1 heterocycles. The average Bonchev–Trinajstić information content (AvgIpc) is 2.08. The van der Waals surface area contributed by atoms with Crippen LogP contribution in [0, 0.1) is 6.92 Å². The molecule has 0 saturated heterocycles. The molecule has 10 heteroatoms. The van der Waals surface area contributed by atoms with Gasteiger partial charge in [-0.2, -0.15) is 0 Å². The van der Waals surface area contributed by atoms with E-state index < -0.39 is 31.8 Å². The molecule has 0 aromatic carbocycles. The van der Waals surface area contributed by atoms with Crippen molar-refractivity contribution in [1.29, 1.82) is 0 Å². The Balaban J connectivity index is 3.48. The van der Waals surface area contributed by atoms with Crippen LogP contribution in [0.4, 0.5) is 13.2 Å². The molecule has 0 saturated carbocycles. The molecule has 0 aliphatic carbocycles. The van der Waals surface area contributed by atoms with Gasteiger partial charge in [0.2, 0.25) is 0 Å². The minimum atomic E-state index is -5.17. The summed E-state index contributed by atoms with van der Waals surface area (Å²) in [5.74, 6) is -2.33. The molecule has 0 aliphatic heterocycles. The number of aryl methyl sites for hydroxylation is 1. The van der Waals surface area contributed by atoms with E-state index in [1.807, 2.05) is 0 Å². The summed E-state index contributed by atoms with van der Waals surface area (Å²) in [6.07, 6.45) is -4.60. The summed E-state index contributed by atoms with van der Waals surface area (Å²) in [6.45, 7) is 1.17. The molecule has 17 heavy (non-hydrogen) atoms. The summed E-state index contributed by atoms with van der Waals surface area (Å²) < 4.78 is 61.4. The molecule has 0 bridgehead atoms. The Morgan fingerprint density at radius 1 is 1.47 bits per heavy atom. The Hall–Kier alpha value is -1.22. The number of aromatic hydroxyl groups is 1. The number of ether oxygens (including phenoxy) is 1. The maximum atomic E-state index is 12.0. The number of hydrogen-bond acceptors (Lipinski definition) is 5. The van der Waals surface area contributed by atoms with Crippen LogP contribution in [0.1, 0.15) is 5.69 Å². The van der Waals surface area contributed by atoms with Gasteiger partial charge in [0.25, 0.3) is 9.05 Å². The number of halogens is 4. The molecule has 0 atom stereocenters. The number of pyridine rings is 1. The Bertz CT molecular complexity index is 543. The second-order valence-corrected chi connectivity index (χ2v) is 5.41. The van der Waals surface area contributed by atoms with Gasteiger partial charge in [0.05, 0.1) is 11.9 Å². The predicted molar refractivity (Wildman–Crippen MR) is 50.4 cm³/mol. The fourth-order valence-electron chi connectivity index (χ4n) is 0.944. The van der Waals surface area contributed by atoms with Gasteiger partial charge in [0.15, 0.2) is 11.5 Å². The van der Waals surface area contributed by atoms with Crippen molar-refractivity contribution in [3.05, 3.63) is 11.9 Å². The number of rotatable bonds is 2. The van der Waals surface area contributed by atoms with Crippen LogP contribution in [0.3, 0.4) is 0 Å². The van der Waals surface area contributed by atoms with Gasteiger partial charge in [-0.25, -0.2) is 8.42 Å². The second-order valence-electron chi connectivity index (χ2n) is 2.87. The van der Waals surface area contributed by atoms with Crippen LogP contribution in [0.2, 0.25) is 0 Å². The van der Waals surface area contributed by atoms with Crippen LogP contribution >= 0.6 is 10.7 Å². The predicted octanol–water partition coefficient (Wildman–Crippen LogP) is 1.92. The third-order valence-corrected chi connectivity index (χ3v) is 2.95. The Kier molecular flexibility index (Phi) is 3.44. The Morgan fingerprint density at radius 2 is 2.00 bits per heavy atom. The van der Waals surface area contributed by atoms with Crippen LogP contribution < -0.4 is 4.74 Å². The summed E-state index contributed by atoms with van der Waals surface area (Å²) in [6, 6.07) is 0. The van der Waals surface area contributed by atoms with Crippen molar-refractivity contribution in [3.8, 4) is 11.5 Å². The van der Waals surface area contributed by atoms with Crippen LogP contribution in [-0.2, 0) is 9.05 Å². The van der Waals surface area contributed by atoms with Crippen LogP contribution in [0.25, 0.3) is 0 Å². The van der Waals surface area contributed by atoms with Crippen molar-refractivity contribution in [2.24, 2.45) is 0 Å². The molecule has 5 nitrogen and oxygen atoms in total. The Labute approximate surface area is 98.2 Å². The highest BCUT2D eigenvalue weighted by molar-refractivity contribution is 8.13. The van der Waals surface area contributed by atoms with E-state index in [4.69, 9.17) is 10.7 Å². The first kappa shape index (κ1) is 13.8. The molecule has 0 unspecified atom stereocenters. The summed E-state index contributed by atoms with van der Waals surface area (Å²) in [5.41, 5.74) is -0.228. The minimum Gasteiger partial charge on any atom is -0.503 e. The normalized spacial score (nSPS) is 12.5. The zero-order chi connectivity index (χ0) is 13.4. The van der Waals surface area contributed by atoms with Crippen molar-refractivity contribution in [1.82, 2.24) is 4.98 Å². The van der Waals surface area contributed by atoms with Crippen molar-refractivity contribution < 1.29 is 31.4 Å². The highest BCUT2D eigenvalue weighted by Gasteiger charge is 2.36. The number of aromatic nitrogens is 1. The lowest BCUT2D eigenvalue weighted by atomic mass is 10.3. The van der Waals surface area contributed by atoms with E-state index in [1.165, 1.54) is 6.92 Å². The largest absolute Gasteiger partial charge is 0.573 e. The standard InChI is InChI=1S/C7H5ClF3NO4S/c1-3-5(13)6(16-7(9,10)11)4(2-12-3)17(8,14)15/h2,13H,1H3. The van der Waals surface area contributed by atoms with Gasteiger partial charge in [-0.1, -0.05) is 0 Å². The zero-order valence-electron chi connectivity index (χ0n) is 8.12. The summed E-state index contributed by atoms with van der Waals surface area (Å²) in [4.78, 5) is 2.32. The van der Waals surface area contributed by atoms with Gasteiger partial charge in [-0.15, -0.1) is 13.2 Å². The molecule has 1 aromatic heterocycles. The van der Waals surface area contributed by atoms with Gasteiger partial charge in [-0.3, -0.25) is 4.98 Å². The lowest BCUT2D eigenvalue weighted by molar-refractivity contribution is -0.276. The third-order valence-electron chi connectivity index (χ3n) is 1.64. The van der Waals surface area contributed by atoms with Crippen LogP contribution in [0.5, 0.6) is 11.5 Å². The Morgan fingerprint density at radius 3 is 2.41 bits per heavy atom. The molecule has 1 rings (SSSR count). The summed E-state index contributed by atoms with van der Waals surface area (Å²) in [7, 11) is 0.370. The van der Waals surface area contributed by atoms with Gasteiger partial charge in [0, 0.05) is 10.7 Å². The van der Waals surface area contributed by atoms with Crippen molar-refractivity contribution in [2.75, 3.05) is 0 Å². The van der Waals surface area contributed by atoms with E-state index in [2.05, 4.69) is 9.72 Å². The lowest BCUT2D eigenvalue weighted by Gasteiger charge is -2.13. The number of hydrogen-bond donors (Lipinski definition) is 1. The van der Waals surface area contributed by atoms with Crippen LogP contribution in [-0.4, -0.2) is 24.9 Å². The zero-order valence-corrected chi connectivity index (χ0v) is 9.69. The quantitative estimate of drug-likeness (QED) is 0.843. The first-order valence-corrected chi connectivity index (χ1v) is 6.22. The fourth-order valence-corrected chi connectivity index (χ4v) is 1.81. The molecule has 0 amide bonds. The van der Waals surface area contributed by atoms with E-state index in [0.717, 1.165) is 0 Å². The molecule has 96 valence electrons. The van der Waals surface area contributed by atoms with E-state index in [1.54, 1.807) is 0 Å². The maximum absolute atomic E-state index is 12.0. The van der Waals surface area contributed by atoms with E-state index in [0.29, 0.717) is 6.20 Å². The average molecular weight is 292 g/mol.